The number of hydrogen-bond acceptors (Lipinski definition) is 7. The van der Waals surface area contributed by atoms with Crippen molar-refractivity contribution < 1.29 is 25.2 Å². The molecule has 1 aliphatic heterocycles. The number of ether oxygens (including phenoxy) is 1. The fraction of sp³-hybridized carbons (Fsp3) is 0.600. The number of hydrogen-bond donors (Lipinski definition) is 6. The average Bonchev–Trinajstić information content (AvgIpc) is 2.62. The molecule has 1 aliphatic rings. The van der Waals surface area contributed by atoms with E-state index < -0.39 is 36.9 Å². The molecule has 4 atom stereocenters. The number of H-pyrrole nitrogens is 2. The van der Waals surface area contributed by atoms with Gasteiger partial charge in [0.1, 0.15) is 18.3 Å². The number of rotatable bonds is 1. The van der Waals surface area contributed by atoms with Crippen molar-refractivity contribution in [1.82, 2.24) is 9.97 Å². The van der Waals surface area contributed by atoms with Crippen LogP contribution in [-0.4, -0.2) is 61.6 Å². The summed E-state index contributed by atoms with van der Waals surface area (Å²) in [6.45, 7) is 1.21. The molecular weight excluding hydrogens is 260 g/mol. The Bertz CT molecular complexity index is 511. The Labute approximate surface area is 107 Å². The van der Waals surface area contributed by atoms with E-state index in [0.29, 0.717) is 5.56 Å². The van der Waals surface area contributed by atoms with Gasteiger partial charge in [-0.25, -0.2) is 4.79 Å². The predicted molar refractivity (Wildman–Crippen MR) is 62.4 cm³/mol. The van der Waals surface area contributed by atoms with E-state index in [1.54, 1.807) is 6.92 Å². The second kappa shape index (κ2) is 6.59. The molecule has 0 aromatic carbocycles. The van der Waals surface area contributed by atoms with Crippen molar-refractivity contribution >= 4 is 0 Å². The number of aromatic amines is 2. The molecule has 0 radical (unpaired) electrons. The van der Waals surface area contributed by atoms with Crippen LogP contribution in [0.3, 0.4) is 0 Å². The van der Waals surface area contributed by atoms with Gasteiger partial charge >= 0.3 is 5.69 Å². The summed E-state index contributed by atoms with van der Waals surface area (Å²) in [5.74, 6) is 0. The molecule has 0 bridgehead atoms. The van der Waals surface area contributed by atoms with Gasteiger partial charge in [-0.15, -0.1) is 0 Å². The lowest BCUT2D eigenvalue weighted by Gasteiger charge is -2.09. The summed E-state index contributed by atoms with van der Waals surface area (Å²) in [5.41, 5.74) is -0.293. The molecular formula is C10H16N2O7. The van der Waals surface area contributed by atoms with Gasteiger partial charge in [0, 0.05) is 11.8 Å². The summed E-state index contributed by atoms with van der Waals surface area (Å²) in [7, 11) is 0. The normalized spacial score (nSPS) is 29.7. The molecule has 9 nitrogen and oxygen atoms in total. The van der Waals surface area contributed by atoms with Crippen molar-refractivity contribution in [2.24, 2.45) is 0 Å². The monoisotopic (exact) mass is 276 g/mol. The van der Waals surface area contributed by atoms with E-state index in [4.69, 9.17) is 20.4 Å². The molecule has 1 saturated heterocycles. The van der Waals surface area contributed by atoms with Crippen LogP contribution in [0, 0.1) is 6.92 Å². The minimum absolute atomic E-state index is 0.334. The standard InChI is InChI=1S/C5H6N2O2.C5H10O5/c1-3-2-6-5(9)7-4(3)8;6-1-2-3(7)4(8)5(9)10-2/h2H,1H3,(H2,6,7,8,9);2-9H,1H2. The summed E-state index contributed by atoms with van der Waals surface area (Å²) in [6, 6.07) is 0. The van der Waals surface area contributed by atoms with Crippen molar-refractivity contribution in [3.8, 4) is 0 Å². The molecule has 0 amide bonds. The molecule has 0 saturated carbocycles. The molecule has 6 N–H and O–H groups in total. The quantitative estimate of drug-likeness (QED) is 0.315. The van der Waals surface area contributed by atoms with E-state index in [1.165, 1.54) is 6.20 Å². The van der Waals surface area contributed by atoms with Crippen molar-refractivity contribution in [2.75, 3.05) is 6.61 Å². The van der Waals surface area contributed by atoms with Crippen LogP contribution in [0.25, 0.3) is 0 Å². The first-order valence-electron chi connectivity index (χ1n) is 5.46. The molecule has 2 rings (SSSR count). The Morgan fingerprint density at radius 2 is 1.89 bits per heavy atom. The predicted octanol–water partition coefficient (Wildman–Crippen LogP) is -3.21. The Morgan fingerprint density at radius 1 is 1.26 bits per heavy atom. The van der Waals surface area contributed by atoms with Gasteiger partial charge in [-0.2, -0.15) is 0 Å². The Morgan fingerprint density at radius 3 is 2.21 bits per heavy atom. The third kappa shape index (κ3) is 3.98. The SMILES string of the molecule is Cc1c[nH]c(=O)[nH]c1=O.OCC1OC(O)C(O)C1O. The number of aliphatic hydroxyl groups is 4. The van der Waals surface area contributed by atoms with Crippen LogP contribution >= 0.6 is 0 Å². The van der Waals surface area contributed by atoms with Crippen LogP contribution in [0.5, 0.6) is 0 Å². The molecule has 1 aromatic rings. The van der Waals surface area contributed by atoms with Crippen LogP contribution < -0.4 is 11.2 Å². The average molecular weight is 276 g/mol. The molecule has 4 unspecified atom stereocenters. The van der Waals surface area contributed by atoms with Crippen molar-refractivity contribution in [3.05, 3.63) is 32.6 Å². The van der Waals surface area contributed by atoms with Crippen LogP contribution in [0.1, 0.15) is 5.56 Å². The summed E-state index contributed by atoms with van der Waals surface area (Å²) in [5, 5.41) is 35.0. The van der Waals surface area contributed by atoms with Gasteiger partial charge in [-0.05, 0) is 6.92 Å². The van der Waals surface area contributed by atoms with Crippen molar-refractivity contribution in [1.29, 1.82) is 0 Å². The summed E-state index contributed by atoms with van der Waals surface area (Å²) in [4.78, 5) is 25.3. The zero-order chi connectivity index (χ0) is 14.6. The highest BCUT2D eigenvalue weighted by Gasteiger charge is 2.41. The van der Waals surface area contributed by atoms with Crippen molar-refractivity contribution in [3.63, 3.8) is 0 Å². The summed E-state index contributed by atoms with van der Waals surface area (Å²) >= 11 is 0. The second-order valence-corrected chi connectivity index (χ2v) is 3.98. The zero-order valence-electron chi connectivity index (χ0n) is 10.1. The van der Waals surface area contributed by atoms with Gasteiger partial charge in [0.25, 0.3) is 5.56 Å². The van der Waals surface area contributed by atoms with Gasteiger partial charge in [-0.3, -0.25) is 9.78 Å². The molecule has 1 aromatic heterocycles. The molecule has 9 heteroatoms. The van der Waals surface area contributed by atoms with E-state index >= 15 is 0 Å². The number of aliphatic hydroxyl groups excluding tert-OH is 4. The Kier molecular flexibility index (Phi) is 5.39. The number of nitrogens with one attached hydrogen (secondary N) is 2. The zero-order valence-corrected chi connectivity index (χ0v) is 10.1. The molecule has 19 heavy (non-hydrogen) atoms. The highest BCUT2D eigenvalue weighted by atomic mass is 16.6. The lowest BCUT2D eigenvalue weighted by atomic mass is 10.1. The van der Waals surface area contributed by atoms with E-state index in [2.05, 4.69) is 14.7 Å². The maximum absolute atomic E-state index is 10.6. The number of aromatic nitrogens is 2. The van der Waals surface area contributed by atoms with Gasteiger partial charge in [0.2, 0.25) is 0 Å². The summed E-state index contributed by atoms with van der Waals surface area (Å²) in [6.07, 6.45) is -3.38. The Balaban J connectivity index is 0.000000191. The van der Waals surface area contributed by atoms with Crippen LogP contribution in [0.2, 0.25) is 0 Å². The van der Waals surface area contributed by atoms with Gasteiger partial charge in [0.15, 0.2) is 6.29 Å². The van der Waals surface area contributed by atoms with E-state index in [0.717, 1.165) is 0 Å². The lowest BCUT2D eigenvalue weighted by molar-refractivity contribution is -0.132. The molecule has 108 valence electrons. The number of aryl methyl sites for hydroxylation is 1. The first-order valence-corrected chi connectivity index (χ1v) is 5.46. The van der Waals surface area contributed by atoms with Crippen LogP contribution in [0.15, 0.2) is 15.8 Å². The minimum atomic E-state index is -1.38. The largest absolute Gasteiger partial charge is 0.394 e. The second-order valence-electron chi connectivity index (χ2n) is 3.98. The van der Waals surface area contributed by atoms with Gasteiger partial charge in [0.05, 0.1) is 6.61 Å². The highest BCUT2D eigenvalue weighted by Crippen LogP contribution is 2.18. The maximum atomic E-state index is 10.6. The molecule has 2 heterocycles. The van der Waals surface area contributed by atoms with E-state index in [9.17, 15) is 9.59 Å². The third-order valence-electron chi connectivity index (χ3n) is 2.52. The topological polar surface area (TPSA) is 156 Å². The first-order chi connectivity index (χ1) is 8.86. The maximum Gasteiger partial charge on any atom is 0.325 e. The van der Waals surface area contributed by atoms with Gasteiger partial charge < -0.3 is 30.1 Å². The highest BCUT2D eigenvalue weighted by molar-refractivity contribution is 4.98. The fourth-order valence-electron chi connectivity index (χ4n) is 1.36. The first kappa shape index (κ1) is 15.5. The molecule has 0 aliphatic carbocycles. The van der Waals surface area contributed by atoms with E-state index in [1.807, 2.05) is 0 Å². The minimum Gasteiger partial charge on any atom is -0.394 e. The smallest absolute Gasteiger partial charge is 0.325 e. The van der Waals surface area contributed by atoms with Gasteiger partial charge in [-0.1, -0.05) is 0 Å². The van der Waals surface area contributed by atoms with Crippen LogP contribution in [-0.2, 0) is 4.74 Å². The van der Waals surface area contributed by atoms with Crippen molar-refractivity contribution in [2.45, 2.75) is 31.5 Å². The molecule has 0 spiro atoms. The fourth-order valence-corrected chi connectivity index (χ4v) is 1.36. The lowest BCUT2D eigenvalue weighted by Crippen LogP contribution is -2.33. The molecule has 1 fully saturated rings. The van der Waals surface area contributed by atoms with Crippen LogP contribution in [0.4, 0.5) is 0 Å². The summed E-state index contributed by atoms with van der Waals surface area (Å²) < 4.78 is 4.54. The Hall–Kier alpha value is -1.52. The van der Waals surface area contributed by atoms with E-state index in [-0.39, 0.29) is 5.56 Å². The third-order valence-corrected chi connectivity index (χ3v) is 2.52.